The van der Waals surface area contributed by atoms with Crippen molar-refractivity contribution in [3.63, 3.8) is 0 Å². The van der Waals surface area contributed by atoms with E-state index in [1.54, 1.807) is 0 Å². The Kier molecular flexibility index (Phi) is 2.74. The van der Waals surface area contributed by atoms with Crippen LogP contribution in [-0.4, -0.2) is 16.9 Å². The molecule has 1 aromatic carbocycles. The summed E-state index contributed by atoms with van der Waals surface area (Å²) in [6.07, 6.45) is 0. The van der Waals surface area contributed by atoms with Crippen LogP contribution >= 0.6 is 0 Å². The summed E-state index contributed by atoms with van der Waals surface area (Å²) in [6.45, 7) is 0. The van der Waals surface area contributed by atoms with E-state index in [-0.39, 0.29) is 17.1 Å². The van der Waals surface area contributed by atoms with Gasteiger partial charge in [0.15, 0.2) is 5.76 Å². The number of benzene rings is 1. The van der Waals surface area contributed by atoms with Crippen molar-refractivity contribution in [3.8, 4) is 0 Å². The molecule has 0 aliphatic carbocycles. The molecule has 86 valence electrons. The molecule has 0 amide bonds. The summed E-state index contributed by atoms with van der Waals surface area (Å²) in [7, 11) is 0. The predicted molar refractivity (Wildman–Crippen MR) is 55.5 cm³/mol. The van der Waals surface area contributed by atoms with E-state index in [1.165, 1.54) is 24.3 Å². The molecular weight excluding hydrogens is 227 g/mol. The molecule has 0 saturated heterocycles. The second-order valence-corrected chi connectivity index (χ2v) is 3.31. The van der Waals surface area contributed by atoms with Crippen LogP contribution in [0.2, 0.25) is 0 Å². The highest BCUT2D eigenvalue weighted by Crippen LogP contribution is 2.14. The summed E-state index contributed by atoms with van der Waals surface area (Å²) >= 11 is 0. The van der Waals surface area contributed by atoms with Gasteiger partial charge in [0.1, 0.15) is 5.82 Å². The van der Waals surface area contributed by atoms with Crippen LogP contribution in [-0.2, 0) is 0 Å². The molecule has 0 atom stereocenters. The molecule has 17 heavy (non-hydrogen) atoms. The van der Waals surface area contributed by atoms with E-state index in [2.05, 4.69) is 0 Å². The predicted octanol–water partition coefficient (Wildman–Crippen LogP) is 2.35. The second kappa shape index (κ2) is 4.21. The fourth-order valence-electron chi connectivity index (χ4n) is 1.32. The molecule has 1 aromatic heterocycles. The number of aromatic carboxylic acids is 1. The van der Waals surface area contributed by atoms with E-state index < -0.39 is 17.6 Å². The van der Waals surface area contributed by atoms with E-state index >= 15 is 0 Å². The maximum atomic E-state index is 12.7. The maximum absolute atomic E-state index is 12.7. The number of hydrogen-bond donors (Lipinski definition) is 1. The van der Waals surface area contributed by atoms with Gasteiger partial charge in [0.2, 0.25) is 11.5 Å². The van der Waals surface area contributed by atoms with Gasteiger partial charge in [-0.15, -0.1) is 0 Å². The zero-order valence-corrected chi connectivity index (χ0v) is 8.51. The van der Waals surface area contributed by atoms with Crippen LogP contribution in [0.4, 0.5) is 4.39 Å². The number of carbonyl (C=O) groups excluding carboxylic acids is 1. The first kappa shape index (κ1) is 11.1. The molecule has 0 radical (unpaired) electrons. The summed E-state index contributed by atoms with van der Waals surface area (Å²) in [6, 6.07) is 7.37. The lowest BCUT2D eigenvalue weighted by atomic mass is 10.1. The van der Waals surface area contributed by atoms with Crippen LogP contribution in [0.1, 0.15) is 26.7 Å². The lowest BCUT2D eigenvalue weighted by molar-refractivity contribution is 0.0660. The number of rotatable bonds is 3. The number of halogens is 1. The zero-order valence-electron chi connectivity index (χ0n) is 8.51. The van der Waals surface area contributed by atoms with Crippen molar-refractivity contribution in [3.05, 3.63) is 59.3 Å². The van der Waals surface area contributed by atoms with Crippen molar-refractivity contribution >= 4 is 11.8 Å². The fraction of sp³-hybridized carbons (Fsp3) is 0. The first-order valence-electron chi connectivity index (χ1n) is 4.71. The average molecular weight is 234 g/mol. The van der Waals surface area contributed by atoms with Gasteiger partial charge in [0, 0.05) is 5.56 Å². The third-order valence-electron chi connectivity index (χ3n) is 2.15. The molecule has 1 heterocycles. The van der Waals surface area contributed by atoms with Gasteiger partial charge >= 0.3 is 5.97 Å². The highest BCUT2D eigenvalue weighted by atomic mass is 19.1. The van der Waals surface area contributed by atoms with Crippen molar-refractivity contribution in [2.75, 3.05) is 0 Å². The van der Waals surface area contributed by atoms with Gasteiger partial charge in [0.05, 0.1) is 0 Å². The molecule has 4 nitrogen and oxygen atoms in total. The maximum Gasteiger partial charge on any atom is 0.371 e. The minimum absolute atomic E-state index is 0.0889. The second-order valence-electron chi connectivity index (χ2n) is 3.31. The molecular formula is C12H7FO4. The standard InChI is InChI=1S/C12H7FO4/c13-8-3-1-7(2-4-8)11(14)9-5-6-10(17-9)12(15)16/h1-6H,(H,15,16). The largest absolute Gasteiger partial charge is 0.475 e. The SMILES string of the molecule is O=C(O)c1ccc(C(=O)c2ccc(F)cc2)o1. The Balaban J connectivity index is 2.30. The molecule has 0 saturated carbocycles. The normalized spacial score (nSPS) is 10.2. The lowest BCUT2D eigenvalue weighted by Gasteiger charge is -1.96. The zero-order chi connectivity index (χ0) is 12.4. The summed E-state index contributed by atoms with van der Waals surface area (Å²) in [5.74, 6) is -2.59. The first-order chi connectivity index (χ1) is 8.08. The highest BCUT2D eigenvalue weighted by Gasteiger charge is 2.16. The van der Waals surface area contributed by atoms with E-state index in [0.717, 1.165) is 12.1 Å². The van der Waals surface area contributed by atoms with Gasteiger partial charge in [-0.25, -0.2) is 9.18 Å². The van der Waals surface area contributed by atoms with E-state index in [4.69, 9.17) is 9.52 Å². The number of ketones is 1. The Morgan fingerprint density at radius 2 is 1.59 bits per heavy atom. The van der Waals surface area contributed by atoms with Gasteiger partial charge in [-0.1, -0.05) is 0 Å². The van der Waals surface area contributed by atoms with Gasteiger partial charge < -0.3 is 9.52 Å². The molecule has 0 aliphatic heterocycles. The monoisotopic (exact) mass is 234 g/mol. The Hall–Kier alpha value is -2.43. The summed E-state index contributed by atoms with van der Waals surface area (Å²) in [4.78, 5) is 22.3. The van der Waals surface area contributed by atoms with Crippen LogP contribution in [0.15, 0.2) is 40.8 Å². The van der Waals surface area contributed by atoms with Gasteiger partial charge in [-0.3, -0.25) is 4.79 Å². The molecule has 5 heteroatoms. The Morgan fingerprint density at radius 3 is 2.12 bits per heavy atom. The first-order valence-corrected chi connectivity index (χ1v) is 4.71. The topological polar surface area (TPSA) is 67.5 Å². The van der Waals surface area contributed by atoms with Gasteiger partial charge in [-0.05, 0) is 36.4 Å². The van der Waals surface area contributed by atoms with Crippen LogP contribution in [0.3, 0.4) is 0 Å². The smallest absolute Gasteiger partial charge is 0.371 e. The van der Waals surface area contributed by atoms with Gasteiger partial charge in [-0.2, -0.15) is 0 Å². The van der Waals surface area contributed by atoms with Crippen LogP contribution in [0.5, 0.6) is 0 Å². The summed E-state index contributed by atoms with van der Waals surface area (Å²) in [5.41, 5.74) is 0.234. The van der Waals surface area contributed by atoms with E-state index in [1.807, 2.05) is 0 Å². The fourth-order valence-corrected chi connectivity index (χ4v) is 1.32. The number of carboxylic acids is 1. The van der Waals surface area contributed by atoms with Crippen LogP contribution < -0.4 is 0 Å². The highest BCUT2D eigenvalue weighted by molar-refractivity contribution is 6.07. The van der Waals surface area contributed by atoms with Crippen molar-refractivity contribution in [2.45, 2.75) is 0 Å². The lowest BCUT2D eigenvalue weighted by Crippen LogP contribution is -2.00. The minimum Gasteiger partial charge on any atom is -0.475 e. The molecule has 2 rings (SSSR count). The minimum atomic E-state index is -1.25. The molecule has 1 N–H and O–H groups in total. The quantitative estimate of drug-likeness (QED) is 0.827. The molecule has 0 fully saturated rings. The third-order valence-corrected chi connectivity index (χ3v) is 2.15. The van der Waals surface area contributed by atoms with E-state index in [0.29, 0.717) is 0 Å². The Bertz CT molecular complexity index is 568. The van der Waals surface area contributed by atoms with Crippen molar-refractivity contribution in [2.24, 2.45) is 0 Å². The van der Waals surface area contributed by atoms with E-state index in [9.17, 15) is 14.0 Å². The Morgan fingerprint density at radius 1 is 1.00 bits per heavy atom. The summed E-state index contributed by atoms with van der Waals surface area (Å²) in [5, 5.41) is 8.63. The number of furan rings is 1. The molecule has 0 spiro atoms. The summed E-state index contributed by atoms with van der Waals surface area (Å²) < 4.78 is 17.5. The number of hydrogen-bond acceptors (Lipinski definition) is 3. The van der Waals surface area contributed by atoms with Crippen LogP contribution in [0.25, 0.3) is 0 Å². The molecule has 0 unspecified atom stereocenters. The van der Waals surface area contributed by atoms with Crippen molar-refractivity contribution in [1.29, 1.82) is 0 Å². The third kappa shape index (κ3) is 2.23. The van der Waals surface area contributed by atoms with Gasteiger partial charge in [0.25, 0.3) is 0 Å². The van der Waals surface area contributed by atoms with Crippen molar-refractivity contribution in [1.82, 2.24) is 0 Å². The number of carbonyl (C=O) groups is 2. The van der Waals surface area contributed by atoms with Crippen molar-refractivity contribution < 1.29 is 23.5 Å². The average Bonchev–Trinajstić information content (AvgIpc) is 2.78. The number of carboxylic acid groups (broad SMARTS) is 1. The molecule has 0 aliphatic rings. The van der Waals surface area contributed by atoms with Crippen LogP contribution in [0, 0.1) is 5.82 Å². The molecule has 2 aromatic rings. The Labute approximate surface area is 95.3 Å². The molecule has 0 bridgehead atoms.